The first-order valence-corrected chi connectivity index (χ1v) is 11.5. The monoisotopic (exact) mass is 486 g/mol. The molecule has 2 N–H and O–H groups in total. The van der Waals surface area contributed by atoms with Gasteiger partial charge in [-0.1, -0.05) is 43.3 Å². The standard InChI is InChI=1S/C22H23BrN4O2S/c1-2-3-11-24-21(29)16-7-6-8-17(14-16)27-13-12-25-22(27)30-15-20(28)26-19-10-5-4-9-18(19)23/h4-10,12-14H,2-3,11,15H2,1H3,(H,24,29)(H,26,28). The molecule has 1 heterocycles. The molecule has 2 amide bonds. The lowest BCUT2D eigenvalue weighted by molar-refractivity contribution is -0.113. The molecular formula is C22H23BrN4O2S. The number of aromatic nitrogens is 2. The van der Waals surface area contributed by atoms with E-state index in [-0.39, 0.29) is 17.6 Å². The molecule has 6 nitrogen and oxygen atoms in total. The second-order valence-electron chi connectivity index (χ2n) is 6.56. The largest absolute Gasteiger partial charge is 0.352 e. The number of benzene rings is 2. The summed E-state index contributed by atoms with van der Waals surface area (Å²) in [5.41, 5.74) is 2.15. The quantitative estimate of drug-likeness (QED) is 0.333. The molecule has 0 saturated carbocycles. The molecular weight excluding hydrogens is 464 g/mol. The summed E-state index contributed by atoms with van der Waals surface area (Å²) in [5.74, 6) is 0.00756. The summed E-state index contributed by atoms with van der Waals surface area (Å²) < 4.78 is 2.71. The number of carbonyl (C=O) groups is 2. The maximum absolute atomic E-state index is 12.3. The molecule has 0 bridgehead atoms. The van der Waals surface area contributed by atoms with Crippen LogP contribution >= 0.6 is 27.7 Å². The number of nitrogens with zero attached hydrogens (tertiary/aromatic N) is 2. The van der Waals surface area contributed by atoms with Gasteiger partial charge in [-0.15, -0.1) is 0 Å². The highest BCUT2D eigenvalue weighted by atomic mass is 79.9. The number of hydrogen-bond donors (Lipinski definition) is 2. The summed E-state index contributed by atoms with van der Waals surface area (Å²) in [4.78, 5) is 29.0. The van der Waals surface area contributed by atoms with Crippen LogP contribution in [0.5, 0.6) is 0 Å². The number of anilines is 1. The summed E-state index contributed by atoms with van der Waals surface area (Å²) >= 11 is 4.76. The number of thioether (sulfide) groups is 1. The second-order valence-corrected chi connectivity index (χ2v) is 8.35. The van der Waals surface area contributed by atoms with Gasteiger partial charge in [0.05, 0.1) is 11.4 Å². The predicted molar refractivity (Wildman–Crippen MR) is 124 cm³/mol. The highest BCUT2D eigenvalue weighted by molar-refractivity contribution is 9.10. The van der Waals surface area contributed by atoms with E-state index in [1.165, 1.54) is 11.8 Å². The van der Waals surface area contributed by atoms with Gasteiger partial charge in [-0.05, 0) is 52.7 Å². The maximum Gasteiger partial charge on any atom is 0.251 e. The fraction of sp³-hybridized carbons (Fsp3) is 0.227. The van der Waals surface area contributed by atoms with Crippen molar-refractivity contribution in [3.05, 3.63) is 71.0 Å². The van der Waals surface area contributed by atoms with E-state index in [4.69, 9.17) is 0 Å². The molecule has 1 aromatic heterocycles. The Morgan fingerprint density at radius 2 is 2.00 bits per heavy atom. The molecule has 0 aliphatic carbocycles. The Kier molecular flexibility index (Phi) is 8.10. The summed E-state index contributed by atoms with van der Waals surface area (Å²) in [6.07, 6.45) is 5.49. The van der Waals surface area contributed by atoms with Crippen LogP contribution in [0.3, 0.4) is 0 Å². The van der Waals surface area contributed by atoms with Gasteiger partial charge >= 0.3 is 0 Å². The van der Waals surface area contributed by atoms with Crippen molar-refractivity contribution in [3.63, 3.8) is 0 Å². The summed E-state index contributed by atoms with van der Waals surface area (Å²) in [7, 11) is 0. The lowest BCUT2D eigenvalue weighted by Gasteiger charge is -2.10. The molecule has 8 heteroatoms. The zero-order chi connectivity index (χ0) is 21.3. The lowest BCUT2D eigenvalue weighted by Crippen LogP contribution is -2.24. The van der Waals surface area contributed by atoms with Gasteiger partial charge in [-0.25, -0.2) is 4.98 Å². The van der Waals surface area contributed by atoms with Crippen LogP contribution in [0.15, 0.2) is 70.6 Å². The van der Waals surface area contributed by atoms with Gasteiger partial charge in [-0.2, -0.15) is 0 Å². The SMILES string of the molecule is CCCCNC(=O)c1cccc(-n2ccnc2SCC(=O)Nc2ccccc2Br)c1. The average molecular weight is 487 g/mol. The molecule has 3 rings (SSSR count). The number of rotatable bonds is 9. The van der Waals surface area contributed by atoms with Crippen molar-refractivity contribution in [2.75, 3.05) is 17.6 Å². The number of halogens is 1. The van der Waals surface area contributed by atoms with E-state index < -0.39 is 0 Å². The van der Waals surface area contributed by atoms with Crippen molar-refractivity contribution in [1.29, 1.82) is 0 Å². The Bertz CT molecular complexity index is 1020. The molecule has 0 unspecified atom stereocenters. The minimum absolute atomic E-state index is 0.0903. The first kappa shape index (κ1) is 22.1. The smallest absolute Gasteiger partial charge is 0.251 e. The van der Waals surface area contributed by atoms with Gasteiger partial charge in [0.2, 0.25) is 5.91 Å². The minimum Gasteiger partial charge on any atom is -0.352 e. The third-order valence-electron chi connectivity index (χ3n) is 4.29. The summed E-state index contributed by atoms with van der Waals surface area (Å²) in [5, 5.41) is 6.49. The Morgan fingerprint density at radius 1 is 1.17 bits per heavy atom. The highest BCUT2D eigenvalue weighted by Crippen LogP contribution is 2.24. The van der Waals surface area contributed by atoms with E-state index in [0.717, 1.165) is 28.7 Å². The zero-order valence-electron chi connectivity index (χ0n) is 16.6. The van der Waals surface area contributed by atoms with E-state index in [1.807, 2.05) is 53.2 Å². The normalized spacial score (nSPS) is 10.6. The fourth-order valence-electron chi connectivity index (χ4n) is 2.75. The molecule has 0 radical (unpaired) electrons. The van der Waals surface area contributed by atoms with E-state index in [2.05, 4.69) is 38.5 Å². The lowest BCUT2D eigenvalue weighted by atomic mass is 10.2. The number of imidazole rings is 1. The minimum atomic E-state index is -0.120. The fourth-order valence-corrected chi connectivity index (χ4v) is 3.91. The van der Waals surface area contributed by atoms with Gasteiger partial charge in [0.25, 0.3) is 5.91 Å². The van der Waals surface area contributed by atoms with Crippen LogP contribution in [0.1, 0.15) is 30.1 Å². The van der Waals surface area contributed by atoms with E-state index in [9.17, 15) is 9.59 Å². The number of hydrogen-bond acceptors (Lipinski definition) is 4. The van der Waals surface area contributed by atoms with Crippen molar-refractivity contribution >= 4 is 45.2 Å². The van der Waals surface area contributed by atoms with Crippen molar-refractivity contribution < 1.29 is 9.59 Å². The zero-order valence-corrected chi connectivity index (χ0v) is 19.0. The molecule has 0 fully saturated rings. The van der Waals surface area contributed by atoms with Crippen LogP contribution in [0.2, 0.25) is 0 Å². The highest BCUT2D eigenvalue weighted by Gasteiger charge is 2.12. The van der Waals surface area contributed by atoms with Crippen LogP contribution in [-0.2, 0) is 4.79 Å². The Balaban J connectivity index is 1.65. The van der Waals surface area contributed by atoms with E-state index in [0.29, 0.717) is 17.3 Å². The van der Waals surface area contributed by atoms with Gasteiger partial charge < -0.3 is 10.6 Å². The first-order chi connectivity index (χ1) is 14.6. The third kappa shape index (κ3) is 5.96. The van der Waals surface area contributed by atoms with Crippen LogP contribution in [0.4, 0.5) is 5.69 Å². The number of unbranched alkanes of at least 4 members (excludes halogenated alkanes) is 1. The average Bonchev–Trinajstić information content (AvgIpc) is 3.23. The number of carbonyl (C=O) groups excluding carboxylic acids is 2. The van der Waals surface area contributed by atoms with Gasteiger partial charge in [0, 0.05) is 34.7 Å². The topological polar surface area (TPSA) is 76.0 Å². The van der Waals surface area contributed by atoms with Crippen LogP contribution < -0.4 is 10.6 Å². The Morgan fingerprint density at radius 3 is 2.80 bits per heavy atom. The predicted octanol–water partition coefficient (Wildman–Crippen LogP) is 4.90. The molecule has 0 aliphatic heterocycles. The number of amides is 2. The second kappa shape index (κ2) is 11.0. The molecule has 0 saturated heterocycles. The van der Waals surface area contributed by atoms with Crippen molar-refractivity contribution in [2.45, 2.75) is 24.9 Å². The Labute approximate surface area is 188 Å². The molecule has 0 aliphatic rings. The van der Waals surface area contributed by atoms with Crippen LogP contribution in [0.25, 0.3) is 5.69 Å². The van der Waals surface area contributed by atoms with E-state index >= 15 is 0 Å². The molecule has 3 aromatic rings. The molecule has 2 aromatic carbocycles. The van der Waals surface area contributed by atoms with Gasteiger partial charge in [0.1, 0.15) is 0 Å². The number of nitrogens with one attached hydrogen (secondary N) is 2. The summed E-state index contributed by atoms with van der Waals surface area (Å²) in [6, 6.07) is 14.8. The van der Waals surface area contributed by atoms with Crippen LogP contribution in [-0.4, -0.2) is 33.7 Å². The van der Waals surface area contributed by atoms with Gasteiger partial charge in [-0.3, -0.25) is 14.2 Å². The molecule has 0 spiro atoms. The summed E-state index contributed by atoms with van der Waals surface area (Å²) in [6.45, 7) is 2.75. The Hall–Kier alpha value is -2.58. The van der Waals surface area contributed by atoms with Crippen molar-refractivity contribution in [2.24, 2.45) is 0 Å². The molecule has 156 valence electrons. The molecule has 0 atom stereocenters. The van der Waals surface area contributed by atoms with Crippen LogP contribution in [0, 0.1) is 0 Å². The van der Waals surface area contributed by atoms with Gasteiger partial charge in [0.15, 0.2) is 5.16 Å². The van der Waals surface area contributed by atoms with Crippen molar-refractivity contribution in [3.8, 4) is 5.69 Å². The molecule has 30 heavy (non-hydrogen) atoms. The third-order valence-corrected chi connectivity index (χ3v) is 5.95. The maximum atomic E-state index is 12.3. The first-order valence-electron chi connectivity index (χ1n) is 9.67. The number of para-hydroxylation sites is 1. The van der Waals surface area contributed by atoms with Crippen molar-refractivity contribution in [1.82, 2.24) is 14.9 Å². The van der Waals surface area contributed by atoms with E-state index in [1.54, 1.807) is 12.3 Å².